The minimum Gasteiger partial charge on any atom is -0.383 e. The van der Waals surface area contributed by atoms with E-state index in [2.05, 4.69) is 15.7 Å². The molecule has 2 fully saturated rings. The molecule has 0 spiro atoms. The fraction of sp³-hybridized carbons (Fsp3) is 0.765. The van der Waals surface area contributed by atoms with Crippen LogP contribution in [0.15, 0.2) is 0 Å². The number of carbonyl (C=O) groups excluding carboxylic acids is 1. The van der Waals surface area contributed by atoms with E-state index in [0.717, 1.165) is 42.5 Å². The van der Waals surface area contributed by atoms with Gasteiger partial charge in [-0.15, -0.1) is 0 Å². The summed E-state index contributed by atoms with van der Waals surface area (Å²) in [5.41, 5.74) is 2.76. The predicted molar refractivity (Wildman–Crippen MR) is 89.4 cm³/mol. The van der Waals surface area contributed by atoms with E-state index in [1.54, 1.807) is 7.11 Å². The van der Waals surface area contributed by atoms with Gasteiger partial charge in [-0.1, -0.05) is 0 Å². The van der Waals surface area contributed by atoms with Gasteiger partial charge in [0.2, 0.25) is 5.91 Å². The third-order valence-corrected chi connectivity index (χ3v) is 5.30. The summed E-state index contributed by atoms with van der Waals surface area (Å²) in [7, 11) is 1.68. The third kappa shape index (κ3) is 3.58. The SMILES string of the molecule is COCCn1nc(C)c(NC(=O)[C@@H]2C[C@H]2C2CCNCC2)c1C. The molecule has 2 aliphatic rings. The van der Waals surface area contributed by atoms with Crippen LogP contribution in [0.4, 0.5) is 5.69 Å². The zero-order valence-corrected chi connectivity index (χ0v) is 14.4. The first-order chi connectivity index (χ1) is 11.1. The quantitative estimate of drug-likeness (QED) is 0.837. The van der Waals surface area contributed by atoms with Gasteiger partial charge in [0.1, 0.15) is 0 Å². The zero-order chi connectivity index (χ0) is 16.4. The molecule has 2 N–H and O–H groups in total. The fourth-order valence-corrected chi connectivity index (χ4v) is 3.80. The molecule has 128 valence electrons. The summed E-state index contributed by atoms with van der Waals surface area (Å²) in [4.78, 5) is 12.6. The van der Waals surface area contributed by atoms with E-state index < -0.39 is 0 Å². The van der Waals surface area contributed by atoms with Crippen LogP contribution in [-0.2, 0) is 16.1 Å². The largest absolute Gasteiger partial charge is 0.383 e. The van der Waals surface area contributed by atoms with Gasteiger partial charge < -0.3 is 15.4 Å². The molecule has 6 heteroatoms. The molecule has 0 radical (unpaired) electrons. The second-order valence-corrected chi connectivity index (χ2v) is 6.84. The van der Waals surface area contributed by atoms with Crippen LogP contribution in [0.5, 0.6) is 0 Å². The Kier molecular flexibility index (Phi) is 5.02. The first-order valence-corrected chi connectivity index (χ1v) is 8.66. The lowest BCUT2D eigenvalue weighted by molar-refractivity contribution is -0.117. The molecular formula is C17H28N4O2. The summed E-state index contributed by atoms with van der Waals surface area (Å²) >= 11 is 0. The number of nitrogens with zero attached hydrogens (tertiary/aromatic N) is 2. The van der Waals surface area contributed by atoms with E-state index in [-0.39, 0.29) is 11.8 Å². The number of hydrogen-bond acceptors (Lipinski definition) is 4. The number of aromatic nitrogens is 2. The van der Waals surface area contributed by atoms with Crippen LogP contribution in [-0.4, -0.2) is 42.5 Å². The molecule has 1 aromatic heterocycles. The van der Waals surface area contributed by atoms with Gasteiger partial charge in [0, 0.05) is 13.0 Å². The summed E-state index contributed by atoms with van der Waals surface area (Å²) in [5.74, 6) is 1.67. The number of piperidine rings is 1. The molecule has 6 nitrogen and oxygen atoms in total. The number of methoxy groups -OCH3 is 1. The molecule has 1 saturated heterocycles. The van der Waals surface area contributed by atoms with Crippen LogP contribution in [0.25, 0.3) is 0 Å². The van der Waals surface area contributed by atoms with Crippen molar-refractivity contribution < 1.29 is 9.53 Å². The highest BCUT2D eigenvalue weighted by Gasteiger charge is 2.47. The Labute approximate surface area is 138 Å². The molecule has 1 aromatic rings. The van der Waals surface area contributed by atoms with Gasteiger partial charge in [-0.05, 0) is 58.0 Å². The van der Waals surface area contributed by atoms with E-state index in [1.807, 2.05) is 18.5 Å². The molecule has 1 saturated carbocycles. The maximum atomic E-state index is 12.6. The molecule has 2 atom stereocenters. The molecule has 2 heterocycles. The Bertz CT molecular complexity index is 563. The second-order valence-electron chi connectivity index (χ2n) is 6.84. The number of amides is 1. The maximum absolute atomic E-state index is 12.6. The monoisotopic (exact) mass is 320 g/mol. The number of hydrogen-bond donors (Lipinski definition) is 2. The molecular weight excluding hydrogens is 292 g/mol. The van der Waals surface area contributed by atoms with E-state index >= 15 is 0 Å². The van der Waals surface area contributed by atoms with Gasteiger partial charge in [0.05, 0.1) is 30.2 Å². The molecule has 0 aromatic carbocycles. The number of nitrogens with one attached hydrogen (secondary N) is 2. The van der Waals surface area contributed by atoms with Crippen LogP contribution in [0.3, 0.4) is 0 Å². The lowest BCUT2D eigenvalue weighted by Crippen LogP contribution is -2.29. The Morgan fingerprint density at radius 2 is 2.13 bits per heavy atom. The van der Waals surface area contributed by atoms with Gasteiger partial charge in [-0.3, -0.25) is 9.48 Å². The van der Waals surface area contributed by atoms with Gasteiger partial charge in [-0.25, -0.2) is 0 Å². The molecule has 3 rings (SSSR count). The summed E-state index contributed by atoms with van der Waals surface area (Å²) < 4.78 is 7.02. The van der Waals surface area contributed by atoms with Gasteiger partial charge in [0.15, 0.2) is 0 Å². The lowest BCUT2D eigenvalue weighted by atomic mass is 9.92. The van der Waals surface area contributed by atoms with E-state index in [4.69, 9.17) is 4.74 Å². The summed E-state index contributed by atoms with van der Waals surface area (Å²) in [6.07, 6.45) is 3.47. The Hall–Kier alpha value is -1.40. The predicted octanol–water partition coefficient (Wildman–Crippen LogP) is 1.72. The van der Waals surface area contributed by atoms with E-state index in [0.29, 0.717) is 19.1 Å². The number of rotatable bonds is 6. The Morgan fingerprint density at radius 3 is 2.83 bits per heavy atom. The molecule has 23 heavy (non-hydrogen) atoms. The number of ether oxygens (including phenoxy) is 1. The molecule has 1 amide bonds. The summed E-state index contributed by atoms with van der Waals surface area (Å²) in [6, 6.07) is 0. The first-order valence-electron chi connectivity index (χ1n) is 8.66. The average Bonchev–Trinajstić information content (AvgIpc) is 3.32. The molecule has 0 unspecified atom stereocenters. The lowest BCUT2D eigenvalue weighted by Gasteiger charge is -2.22. The van der Waals surface area contributed by atoms with Crippen molar-refractivity contribution in [1.29, 1.82) is 0 Å². The highest BCUT2D eigenvalue weighted by Crippen LogP contribution is 2.48. The minimum atomic E-state index is 0.172. The van der Waals surface area contributed by atoms with Crippen molar-refractivity contribution in [3.63, 3.8) is 0 Å². The van der Waals surface area contributed by atoms with E-state index in [9.17, 15) is 4.79 Å². The smallest absolute Gasteiger partial charge is 0.227 e. The van der Waals surface area contributed by atoms with Crippen molar-refractivity contribution in [2.24, 2.45) is 17.8 Å². The molecule has 1 aliphatic carbocycles. The Morgan fingerprint density at radius 1 is 1.39 bits per heavy atom. The summed E-state index contributed by atoms with van der Waals surface area (Å²) in [6.45, 7) is 7.47. The normalized spacial score (nSPS) is 24.7. The van der Waals surface area contributed by atoms with Crippen LogP contribution in [0.2, 0.25) is 0 Å². The highest BCUT2D eigenvalue weighted by atomic mass is 16.5. The molecule has 0 bridgehead atoms. The number of carbonyl (C=O) groups is 1. The van der Waals surface area contributed by atoms with Crippen molar-refractivity contribution in [3.8, 4) is 0 Å². The molecule has 1 aliphatic heterocycles. The van der Waals surface area contributed by atoms with Crippen LogP contribution in [0.1, 0.15) is 30.7 Å². The van der Waals surface area contributed by atoms with E-state index in [1.165, 1.54) is 12.8 Å². The summed E-state index contributed by atoms with van der Waals surface area (Å²) in [5, 5.41) is 11.0. The van der Waals surface area contributed by atoms with Crippen molar-refractivity contribution >= 4 is 11.6 Å². The second kappa shape index (κ2) is 7.01. The average molecular weight is 320 g/mol. The highest BCUT2D eigenvalue weighted by molar-refractivity contribution is 5.95. The van der Waals surface area contributed by atoms with Crippen LogP contribution >= 0.6 is 0 Å². The third-order valence-electron chi connectivity index (χ3n) is 5.30. The number of aryl methyl sites for hydroxylation is 1. The minimum absolute atomic E-state index is 0.172. The zero-order valence-electron chi connectivity index (χ0n) is 14.4. The van der Waals surface area contributed by atoms with Crippen LogP contribution < -0.4 is 10.6 Å². The van der Waals surface area contributed by atoms with Crippen molar-refractivity contribution in [2.75, 3.05) is 32.1 Å². The van der Waals surface area contributed by atoms with Gasteiger partial charge >= 0.3 is 0 Å². The fourth-order valence-electron chi connectivity index (χ4n) is 3.80. The van der Waals surface area contributed by atoms with Crippen molar-refractivity contribution in [3.05, 3.63) is 11.4 Å². The number of anilines is 1. The standard InChI is InChI=1S/C17H28N4O2/c1-11-16(12(2)21(20-11)8-9-23-3)19-17(22)15-10-14(15)13-4-6-18-7-5-13/h13-15,18H,4-10H2,1-3H3,(H,19,22)/t14-,15+/m0/s1. The van der Waals surface area contributed by atoms with Gasteiger partial charge in [0.25, 0.3) is 0 Å². The van der Waals surface area contributed by atoms with Crippen molar-refractivity contribution in [1.82, 2.24) is 15.1 Å². The van der Waals surface area contributed by atoms with Gasteiger partial charge in [-0.2, -0.15) is 5.10 Å². The topological polar surface area (TPSA) is 68.2 Å². The Balaban J connectivity index is 1.59. The van der Waals surface area contributed by atoms with Crippen LogP contribution in [0, 0.1) is 31.6 Å². The maximum Gasteiger partial charge on any atom is 0.227 e. The first kappa shape index (κ1) is 16.5. The van der Waals surface area contributed by atoms with Crippen molar-refractivity contribution in [2.45, 2.75) is 39.7 Å².